The van der Waals surface area contributed by atoms with Crippen molar-refractivity contribution in [1.29, 1.82) is 0 Å². The van der Waals surface area contributed by atoms with E-state index in [0.717, 1.165) is 38.7 Å². The van der Waals surface area contributed by atoms with Crippen LogP contribution in [0.3, 0.4) is 0 Å². The zero-order chi connectivity index (χ0) is 11.8. The summed E-state index contributed by atoms with van der Waals surface area (Å²) >= 11 is 0. The van der Waals surface area contributed by atoms with Crippen molar-refractivity contribution in [3.8, 4) is 0 Å². The molecular weight excluding hydrogens is 204 g/mol. The Morgan fingerprint density at radius 3 is 3.00 bits per heavy atom. The van der Waals surface area contributed by atoms with Crippen LogP contribution in [0.1, 0.15) is 45.4 Å². The lowest BCUT2D eigenvalue weighted by atomic mass is 10.1. The first-order valence-electron chi connectivity index (χ1n) is 6.37. The van der Waals surface area contributed by atoms with Crippen molar-refractivity contribution in [3.63, 3.8) is 0 Å². The average Bonchev–Trinajstić information content (AvgIpc) is 2.78. The third-order valence-corrected chi connectivity index (χ3v) is 3.00. The topological polar surface area (TPSA) is 64.3 Å². The van der Waals surface area contributed by atoms with Gasteiger partial charge in [0.25, 0.3) is 0 Å². The average molecular weight is 228 g/mol. The Morgan fingerprint density at radius 2 is 2.44 bits per heavy atom. The van der Waals surface area contributed by atoms with Gasteiger partial charge in [0.1, 0.15) is 0 Å². The highest BCUT2D eigenvalue weighted by Gasteiger charge is 2.17. The zero-order valence-corrected chi connectivity index (χ0v) is 10.2. The Balaban J connectivity index is 2.13. The Labute approximate surface area is 97.9 Å². The molecule has 16 heavy (non-hydrogen) atoms. The third-order valence-electron chi connectivity index (χ3n) is 3.00. The van der Waals surface area contributed by atoms with Gasteiger partial charge in [-0.1, -0.05) is 13.3 Å². The first kappa shape index (κ1) is 13.5. The van der Waals surface area contributed by atoms with Crippen LogP contribution in [-0.4, -0.2) is 31.2 Å². The first-order chi connectivity index (χ1) is 7.76. The van der Waals surface area contributed by atoms with Gasteiger partial charge in [0, 0.05) is 25.6 Å². The maximum Gasteiger partial charge on any atom is 0.220 e. The molecule has 0 saturated carbocycles. The molecule has 1 heterocycles. The molecule has 1 saturated heterocycles. The molecule has 0 bridgehead atoms. The fourth-order valence-corrected chi connectivity index (χ4v) is 2.06. The number of carbonyl (C=O) groups excluding carboxylic acids is 1. The second kappa shape index (κ2) is 7.63. The lowest BCUT2D eigenvalue weighted by molar-refractivity contribution is -0.122. The van der Waals surface area contributed by atoms with Crippen molar-refractivity contribution >= 4 is 5.91 Å². The van der Waals surface area contributed by atoms with Gasteiger partial charge < -0.3 is 15.8 Å². The van der Waals surface area contributed by atoms with Crippen molar-refractivity contribution in [2.75, 3.05) is 13.2 Å². The smallest absolute Gasteiger partial charge is 0.220 e. The lowest BCUT2D eigenvalue weighted by Gasteiger charge is -2.16. The van der Waals surface area contributed by atoms with Crippen LogP contribution in [0, 0.1) is 0 Å². The summed E-state index contributed by atoms with van der Waals surface area (Å²) in [4.78, 5) is 11.6. The van der Waals surface area contributed by atoms with E-state index in [9.17, 15) is 4.79 Å². The predicted molar refractivity (Wildman–Crippen MR) is 64.1 cm³/mol. The monoisotopic (exact) mass is 228 g/mol. The van der Waals surface area contributed by atoms with Crippen LogP contribution in [0.4, 0.5) is 0 Å². The molecule has 94 valence electrons. The van der Waals surface area contributed by atoms with Crippen LogP contribution in [0.5, 0.6) is 0 Å². The summed E-state index contributed by atoms with van der Waals surface area (Å²) in [6.45, 7) is 3.48. The molecule has 1 amide bonds. The van der Waals surface area contributed by atoms with Gasteiger partial charge in [-0.25, -0.2) is 0 Å². The first-order valence-corrected chi connectivity index (χ1v) is 6.37. The largest absolute Gasteiger partial charge is 0.378 e. The number of carbonyl (C=O) groups is 1. The van der Waals surface area contributed by atoms with Crippen molar-refractivity contribution in [1.82, 2.24) is 5.32 Å². The summed E-state index contributed by atoms with van der Waals surface area (Å²) in [5.74, 6) is 0.111. The molecular formula is C12H24N2O2. The molecule has 0 aromatic carbocycles. The van der Waals surface area contributed by atoms with E-state index in [0.29, 0.717) is 19.1 Å². The summed E-state index contributed by atoms with van der Waals surface area (Å²) in [5.41, 5.74) is 5.59. The SMILES string of the molecule is CCCC(CN)NC(=O)CCC1CCCO1. The molecule has 0 aromatic heterocycles. The second-order valence-corrected chi connectivity index (χ2v) is 4.46. The number of rotatable bonds is 7. The van der Waals surface area contributed by atoms with E-state index in [1.807, 2.05) is 0 Å². The molecule has 0 radical (unpaired) electrons. The number of hydrogen-bond donors (Lipinski definition) is 2. The minimum absolute atomic E-state index is 0.111. The van der Waals surface area contributed by atoms with E-state index >= 15 is 0 Å². The van der Waals surface area contributed by atoms with Gasteiger partial charge in [0.15, 0.2) is 0 Å². The van der Waals surface area contributed by atoms with Crippen molar-refractivity contribution < 1.29 is 9.53 Å². The molecule has 4 heteroatoms. The van der Waals surface area contributed by atoms with Crippen LogP contribution in [0.2, 0.25) is 0 Å². The van der Waals surface area contributed by atoms with Crippen LogP contribution in [-0.2, 0) is 9.53 Å². The van der Waals surface area contributed by atoms with E-state index in [4.69, 9.17) is 10.5 Å². The molecule has 1 fully saturated rings. The number of hydrogen-bond acceptors (Lipinski definition) is 3. The lowest BCUT2D eigenvalue weighted by Crippen LogP contribution is -2.40. The Morgan fingerprint density at radius 1 is 1.62 bits per heavy atom. The summed E-state index contributed by atoms with van der Waals surface area (Å²) in [6, 6.07) is 0.141. The molecule has 2 atom stereocenters. The molecule has 1 rings (SSSR count). The van der Waals surface area contributed by atoms with E-state index < -0.39 is 0 Å². The number of ether oxygens (including phenoxy) is 1. The third kappa shape index (κ3) is 4.94. The van der Waals surface area contributed by atoms with Crippen molar-refractivity contribution in [2.45, 2.75) is 57.6 Å². The van der Waals surface area contributed by atoms with Gasteiger partial charge >= 0.3 is 0 Å². The van der Waals surface area contributed by atoms with Crippen LogP contribution < -0.4 is 11.1 Å². The van der Waals surface area contributed by atoms with Gasteiger partial charge in [-0.2, -0.15) is 0 Å². The fraction of sp³-hybridized carbons (Fsp3) is 0.917. The van der Waals surface area contributed by atoms with E-state index in [-0.39, 0.29) is 11.9 Å². The van der Waals surface area contributed by atoms with Gasteiger partial charge in [-0.3, -0.25) is 4.79 Å². The Bertz CT molecular complexity index is 203. The minimum Gasteiger partial charge on any atom is -0.378 e. The fourth-order valence-electron chi connectivity index (χ4n) is 2.06. The normalized spacial score (nSPS) is 22.0. The molecule has 3 N–H and O–H groups in total. The molecule has 0 spiro atoms. The molecule has 4 nitrogen and oxygen atoms in total. The second-order valence-electron chi connectivity index (χ2n) is 4.46. The summed E-state index contributed by atoms with van der Waals surface area (Å²) in [7, 11) is 0. The van der Waals surface area contributed by atoms with Gasteiger partial charge in [-0.05, 0) is 25.7 Å². The maximum absolute atomic E-state index is 11.6. The van der Waals surface area contributed by atoms with Gasteiger partial charge in [-0.15, -0.1) is 0 Å². The molecule has 0 aromatic rings. The van der Waals surface area contributed by atoms with Crippen LogP contribution in [0.15, 0.2) is 0 Å². The molecule has 1 aliphatic heterocycles. The highest BCUT2D eigenvalue weighted by Crippen LogP contribution is 2.16. The highest BCUT2D eigenvalue weighted by molar-refractivity contribution is 5.76. The highest BCUT2D eigenvalue weighted by atomic mass is 16.5. The Hall–Kier alpha value is -0.610. The number of amides is 1. The number of nitrogens with two attached hydrogens (primary N) is 1. The summed E-state index contributed by atoms with van der Waals surface area (Å²) in [5, 5.41) is 2.97. The molecule has 0 aliphatic carbocycles. The predicted octanol–water partition coefficient (Wildman–Crippen LogP) is 1.19. The Kier molecular flexibility index (Phi) is 6.42. The summed E-state index contributed by atoms with van der Waals surface area (Å²) < 4.78 is 5.48. The van der Waals surface area contributed by atoms with E-state index in [1.54, 1.807) is 0 Å². The van der Waals surface area contributed by atoms with Crippen LogP contribution >= 0.6 is 0 Å². The van der Waals surface area contributed by atoms with E-state index in [2.05, 4.69) is 12.2 Å². The zero-order valence-electron chi connectivity index (χ0n) is 10.2. The van der Waals surface area contributed by atoms with E-state index in [1.165, 1.54) is 0 Å². The maximum atomic E-state index is 11.6. The van der Waals surface area contributed by atoms with Gasteiger partial charge in [0.2, 0.25) is 5.91 Å². The molecule has 2 unspecified atom stereocenters. The number of nitrogens with one attached hydrogen (secondary N) is 1. The standard InChI is InChI=1S/C12H24N2O2/c1-2-4-10(9-13)14-12(15)7-6-11-5-3-8-16-11/h10-11H,2-9,13H2,1H3,(H,14,15). The quantitative estimate of drug-likeness (QED) is 0.688. The van der Waals surface area contributed by atoms with Crippen molar-refractivity contribution in [2.24, 2.45) is 5.73 Å². The minimum atomic E-state index is 0.111. The molecule has 1 aliphatic rings. The van der Waals surface area contributed by atoms with Gasteiger partial charge in [0.05, 0.1) is 6.10 Å². The summed E-state index contributed by atoms with van der Waals surface area (Å²) in [6.07, 6.45) is 5.94. The van der Waals surface area contributed by atoms with Crippen LogP contribution in [0.25, 0.3) is 0 Å². The van der Waals surface area contributed by atoms with Crippen molar-refractivity contribution in [3.05, 3.63) is 0 Å².